The van der Waals surface area contributed by atoms with Crippen molar-refractivity contribution in [2.75, 3.05) is 92.5 Å². The van der Waals surface area contributed by atoms with E-state index in [-0.39, 0.29) is 127 Å². The molecule has 0 aromatic heterocycles. The Morgan fingerprint density at radius 2 is 0.356 bits per heavy atom. The number of ether oxygens (including phenoxy) is 7. The Kier molecular flexibility index (Phi) is 22.4. The third-order valence-corrected chi connectivity index (χ3v) is 9.68. The zero-order chi connectivity index (χ0) is 46.3. The number of hydrogen-bond donors (Lipinski definition) is 0. The minimum absolute atomic E-state index is 0.0982. The number of rotatable bonds is 28. The summed E-state index contributed by atoms with van der Waals surface area (Å²) in [5, 5.41) is 0. The summed E-state index contributed by atoms with van der Waals surface area (Å²) < 4.78 is 42.8. The highest BCUT2D eigenvalue weighted by Gasteiger charge is 2.39. The Morgan fingerprint density at radius 3 is 0.475 bits per heavy atom. The number of Topliss-reactive ketones (excluding diaryl/α,β-unsaturated/α-hetero) is 6. The van der Waals surface area contributed by atoms with Gasteiger partial charge in [0.15, 0.2) is 34.7 Å². The maximum absolute atomic E-state index is 12.9. The molecule has 0 rings (SSSR count). The highest BCUT2D eigenvalue weighted by molar-refractivity contribution is 5.86. The summed E-state index contributed by atoms with van der Waals surface area (Å²) in [5.74, 6) is -0.806. The molecule has 0 aliphatic heterocycles. The second kappa shape index (κ2) is 23.3. The number of hydrogen-bond acceptors (Lipinski definition) is 13. The van der Waals surface area contributed by atoms with Gasteiger partial charge in [-0.1, -0.05) is 125 Å². The first-order valence-electron chi connectivity index (χ1n) is 20.7. The molecule has 0 atom stereocenters. The Balaban J connectivity index is 7.02. The standard InChI is InChI=1S/C46H82O13/c1-39(2,3)33(47)19-53-25-45(26-54-20-34(48)40(4,5)6,27-55-21-35(49)41(7,8)9)31-59-32-46(28-56-22-36(50)42(10,11)12,29-57-23-37(51)43(13,14)15)30-58-24-38(52)44(16,17)18/h19-32H2,1-18H3. The second-order valence-corrected chi connectivity index (χ2v) is 22.5. The number of carbonyl (C=O) groups excluding carboxylic acids is 6. The fourth-order valence-electron chi connectivity index (χ4n) is 4.44. The molecule has 0 saturated carbocycles. The Hall–Kier alpha value is -2.26. The van der Waals surface area contributed by atoms with Crippen LogP contribution in [0.5, 0.6) is 0 Å². The molecule has 0 amide bonds. The highest BCUT2D eigenvalue weighted by atomic mass is 16.5. The van der Waals surface area contributed by atoms with Crippen molar-refractivity contribution < 1.29 is 61.9 Å². The number of carbonyl (C=O) groups is 6. The average molecular weight is 843 g/mol. The normalized spacial score (nSPS) is 13.7. The zero-order valence-electron chi connectivity index (χ0n) is 40.2. The minimum atomic E-state index is -1.14. The van der Waals surface area contributed by atoms with Crippen LogP contribution in [0.2, 0.25) is 0 Å². The van der Waals surface area contributed by atoms with E-state index < -0.39 is 43.3 Å². The van der Waals surface area contributed by atoms with Gasteiger partial charge in [0, 0.05) is 32.5 Å². The molecule has 0 N–H and O–H groups in total. The van der Waals surface area contributed by atoms with Crippen LogP contribution in [0, 0.1) is 43.3 Å². The van der Waals surface area contributed by atoms with E-state index in [0.29, 0.717) is 0 Å². The molecular weight excluding hydrogens is 760 g/mol. The Labute approximate surface area is 356 Å². The predicted molar refractivity (Wildman–Crippen MR) is 227 cm³/mol. The molecule has 0 saturated heterocycles. The third-order valence-electron chi connectivity index (χ3n) is 9.68. The summed E-state index contributed by atoms with van der Waals surface area (Å²) in [6.45, 7) is 30.2. The highest BCUT2D eigenvalue weighted by Crippen LogP contribution is 2.28. The molecule has 0 bridgehead atoms. The molecule has 0 unspecified atom stereocenters. The van der Waals surface area contributed by atoms with Crippen molar-refractivity contribution in [3.63, 3.8) is 0 Å². The van der Waals surface area contributed by atoms with Crippen LogP contribution in [0.15, 0.2) is 0 Å². The van der Waals surface area contributed by atoms with Crippen molar-refractivity contribution in [3.05, 3.63) is 0 Å². The van der Waals surface area contributed by atoms with E-state index in [1.165, 1.54) is 0 Å². The van der Waals surface area contributed by atoms with E-state index in [9.17, 15) is 28.8 Å². The van der Waals surface area contributed by atoms with Crippen molar-refractivity contribution in [2.45, 2.75) is 125 Å². The lowest BCUT2D eigenvalue weighted by Crippen LogP contribution is -2.47. The fourth-order valence-corrected chi connectivity index (χ4v) is 4.44. The van der Waals surface area contributed by atoms with Crippen molar-refractivity contribution in [1.29, 1.82) is 0 Å². The lowest BCUT2D eigenvalue weighted by atomic mass is 9.88. The minimum Gasteiger partial charge on any atom is -0.380 e. The van der Waals surface area contributed by atoms with E-state index in [1.54, 1.807) is 125 Å². The molecule has 13 heteroatoms. The van der Waals surface area contributed by atoms with Gasteiger partial charge in [0.25, 0.3) is 0 Å². The van der Waals surface area contributed by atoms with Gasteiger partial charge in [-0.15, -0.1) is 0 Å². The van der Waals surface area contributed by atoms with E-state index in [1.807, 2.05) is 0 Å². The summed E-state index contributed by atoms with van der Waals surface area (Å²) in [7, 11) is 0. The van der Waals surface area contributed by atoms with Gasteiger partial charge in [0.2, 0.25) is 0 Å². The molecule has 0 heterocycles. The van der Waals surface area contributed by atoms with Gasteiger partial charge in [-0.2, -0.15) is 0 Å². The van der Waals surface area contributed by atoms with Crippen molar-refractivity contribution >= 4 is 34.7 Å². The van der Waals surface area contributed by atoms with Gasteiger partial charge in [0.1, 0.15) is 39.6 Å². The molecule has 0 aromatic rings. The maximum atomic E-state index is 12.9. The molecule has 0 aliphatic rings. The van der Waals surface area contributed by atoms with Crippen molar-refractivity contribution in [1.82, 2.24) is 0 Å². The fraction of sp³-hybridized carbons (Fsp3) is 0.870. The van der Waals surface area contributed by atoms with Crippen LogP contribution < -0.4 is 0 Å². The molecule has 0 aromatic carbocycles. The molecule has 59 heavy (non-hydrogen) atoms. The Bertz CT molecular complexity index is 1110. The topological polar surface area (TPSA) is 167 Å². The zero-order valence-corrected chi connectivity index (χ0v) is 40.2. The SMILES string of the molecule is CC(C)(C)C(=O)COCC(COCC(=O)C(C)(C)C)(COCC(=O)C(C)(C)C)COCC(COCC(=O)C(C)(C)C)(COCC(=O)C(C)(C)C)COCC(=O)C(C)(C)C. The van der Waals surface area contributed by atoms with Crippen LogP contribution >= 0.6 is 0 Å². The molecule has 13 nitrogen and oxygen atoms in total. The first-order valence-corrected chi connectivity index (χ1v) is 20.7. The van der Waals surface area contributed by atoms with Gasteiger partial charge in [-0.05, 0) is 0 Å². The second-order valence-electron chi connectivity index (χ2n) is 22.5. The average Bonchev–Trinajstić information content (AvgIpc) is 3.05. The van der Waals surface area contributed by atoms with Crippen LogP contribution in [0.3, 0.4) is 0 Å². The van der Waals surface area contributed by atoms with Crippen molar-refractivity contribution in [2.24, 2.45) is 43.3 Å². The predicted octanol–water partition coefficient (Wildman–Crippen LogP) is 6.77. The van der Waals surface area contributed by atoms with Crippen molar-refractivity contribution in [3.8, 4) is 0 Å². The summed E-state index contributed by atoms with van der Waals surface area (Å²) >= 11 is 0. The largest absolute Gasteiger partial charge is 0.380 e. The van der Waals surface area contributed by atoms with Crippen LogP contribution in [-0.2, 0) is 61.9 Å². The lowest BCUT2D eigenvalue weighted by molar-refractivity contribution is -0.159. The van der Waals surface area contributed by atoms with Gasteiger partial charge in [-0.3, -0.25) is 28.8 Å². The van der Waals surface area contributed by atoms with E-state index >= 15 is 0 Å². The monoisotopic (exact) mass is 843 g/mol. The quantitative estimate of drug-likeness (QED) is 0.0811. The Morgan fingerprint density at radius 1 is 0.237 bits per heavy atom. The van der Waals surface area contributed by atoms with E-state index in [2.05, 4.69) is 0 Å². The van der Waals surface area contributed by atoms with E-state index in [0.717, 1.165) is 0 Å². The van der Waals surface area contributed by atoms with Crippen LogP contribution in [0.25, 0.3) is 0 Å². The first kappa shape index (κ1) is 56.7. The van der Waals surface area contributed by atoms with Gasteiger partial charge < -0.3 is 33.2 Å². The molecule has 0 radical (unpaired) electrons. The third kappa shape index (κ3) is 23.0. The van der Waals surface area contributed by atoms with Gasteiger partial charge in [-0.25, -0.2) is 0 Å². The van der Waals surface area contributed by atoms with Crippen LogP contribution in [-0.4, -0.2) is 127 Å². The lowest BCUT2D eigenvalue weighted by Gasteiger charge is -2.37. The smallest absolute Gasteiger partial charge is 0.163 e. The number of ketones is 6. The molecular formula is C46H82O13. The van der Waals surface area contributed by atoms with Gasteiger partial charge in [0.05, 0.1) is 63.7 Å². The van der Waals surface area contributed by atoms with E-state index in [4.69, 9.17) is 33.2 Å². The summed E-state index contributed by atoms with van der Waals surface area (Å²) in [4.78, 5) is 77.6. The van der Waals surface area contributed by atoms with Gasteiger partial charge >= 0.3 is 0 Å². The first-order chi connectivity index (χ1) is 26.5. The van der Waals surface area contributed by atoms with Crippen LogP contribution in [0.1, 0.15) is 125 Å². The summed E-state index contributed by atoms with van der Waals surface area (Å²) in [6.07, 6.45) is 0. The molecule has 0 fully saturated rings. The maximum Gasteiger partial charge on any atom is 0.163 e. The molecule has 0 aliphatic carbocycles. The molecule has 0 spiro atoms. The summed E-state index contributed by atoms with van der Waals surface area (Å²) in [6, 6.07) is 0. The summed E-state index contributed by atoms with van der Waals surface area (Å²) in [5.41, 5.74) is -6.28. The van der Waals surface area contributed by atoms with Crippen LogP contribution in [0.4, 0.5) is 0 Å². The molecule has 344 valence electrons.